The van der Waals surface area contributed by atoms with Gasteiger partial charge in [-0.15, -0.1) is 0 Å². The maximum atomic E-state index is 11.2. The Morgan fingerprint density at radius 3 is 0.489 bits per heavy atom. The minimum Gasteiger partial charge on any atom is -0.478 e. The van der Waals surface area contributed by atoms with E-state index in [0.29, 0.717) is 6.07 Å². The third-order valence-electron chi connectivity index (χ3n) is 5.21. The topological polar surface area (TPSA) is 410 Å². The Balaban J connectivity index is 0.000000454. The van der Waals surface area contributed by atoms with Crippen LogP contribution in [0.4, 0.5) is 0 Å². The summed E-state index contributed by atoms with van der Waals surface area (Å²) < 4.78 is 0. The van der Waals surface area contributed by atoms with Gasteiger partial charge in [0.15, 0.2) is 0 Å². The van der Waals surface area contributed by atoms with Crippen molar-refractivity contribution in [3.05, 3.63) is 67.3 Å². The Kier molecular flexibility index (Phi) is 10.3. The second kappa shape index (κ2) is 13.1. The smallest absolute Gasteiger partial charge is 0.337 e. The normalized spacial score (nSPS) is 9.96. The summed E-state index contributed by atoms with van der Waals surface area (Å²) in [6, 6.07) is 0.296. The van der Waals surface area contributed by atoms with Crippen LogP contribution in [0.5, 0.6) is 0 Å². The van der Waals surface area contributed by atoms with Crippen LogP contribution >= 0.6 is 0 Å². The number of rotatable bonds is 11. The Labute approximate surface area is 242 Å². The Bertz CT molecular complexity index is 1540. The second-order valence-corrected chi connectivity index (χ2v) is 7.70. The lowest BCUT2D eigenvalue weighted by atomic mass is 9.86. The van der Waals surface area contributed by atoms with Gasteiger partial charge in [0.05, 0.1) is 61.2 Å². The van der Waals surface area contributed by atoms with Gasteiger partial charge in [0, 0.05) is 0 Å². The van der Waals surface area contributed by atoms with Gasteiger partial charge < -0.3 is 56.2 Å². The van der Waals surface area contributed by atoms with Crippen LogP contribution < -0.4 is 0 Å². The van der Waals surface area contributed by atoms with Crippen LogP contribution in [0.1, 0.15) is 114 Å². The molecule has 0 aliphatic carbocycles. The molecule has 0 atom stereocenters. The van der Waals surface area contributed by atoms with Crippen LogP contribution in [0.3, 0.4) is 0 Å². The predicted octanol–water partition coefficient (Wildman–Crippen LogP) is 0.0534. The van der Waals surface area contributed by atoms with Gasteiger partial charge in [0.25, 0.3) is 0 Å². The van der Waals surface area contributed by atoms with Crippen molar-refractivity contribution in [3.63, 3.8) is 0 Å². The van der Waals surface area contributed by atoms with Crippen molar-refractivity contribution in [1.29, 1.82) is 0 Å². The molecule has 11 N–H and O–H groups in total. The molecular weight excluding hydrogens is 628 g/mol. The summed E-state index contributed by atoms with van der Waals surface area (Å²) in [7, 11) is 0. The van der Waals surface area contributed by atoms with Crippen molar-refractivity contribution in [1.82, 2.24) is 0 Å². The van der Waals surface area contributed by atoms with Crippen molar-refractivity contribution in [2.24, 2.45) is 0 Å². The number of hydrogen-bond acceptors (Lipinski definition) is 11. The second-order valence-electron chi connectivity index (χ2n) is 7.70. The summed E-state index contributed by atoms with van der Waals surface area (Å²) in [5.74, 6) is -23.5. The molecule has 0 fully saturated rings. The first-order chi connectivity index (χ1) is 20.5. The molecule has 0 bridgehead atoms. The molecule has 0 amide bonds. The summed E-state index contributed by atoms with van der Waals surface area (Å²) in [5.41, 5.74) is -16.2. The quantitative estimate of drug-likeness (QED) is 0.154. The van der Waals surface area contributed by atoms with Gasteiger partial charge in [-0.3, -0.25) is 0 Å². The lowest BCUT2D eigenvalue weighted by Crippen LogP contribution is -2.27. The van der Waals surface area contributed by atoms with Crippen LogP contribution in [0.2, 0.25) is 0 Å². The molecule has 22 nitrogen and oxygen atoms in total. The average molecular weight is 640 g/mol. The summed E-state index contributed by atoms with van der Waals surface area (Å²) in [6.07, 6.45) is 0. The maximum absolute atomic E-state index is 11.2. The molecule has 0 heterocycles. The van der Waals surface area contributed by atoms with Gasteiger partial charge in [-0.2, -0.15) is 0 Å². The highest BCUT2D eigenvalue weighted by Gasteiger charge is 2.40. The van der Waals surface area contributed by atoms with E-state index in [0.717, 1.165) is 0 Å². The zero-order valence-electron chi connectivity index (χ0n) is 21.0. The van der Waals surface area contributed by atoms with Crippen LogP contribution in [0, 0.1) is 0 Å². The third kappa shape index (κ3) is 6.75. The summed E-state index contributed by atoms with van der Waals surface area (Å²) >= 11 is 0. The molecule has 0 saturated heterocycles. The molecule has 0 saturated carbocycles. The van der Waals surface area contributed by atoms with E-state index in [2.05, 4.69) is 0 Å². The first-order valence-corrected chi connectivity index (χ1v) is 10.5. The predicted molar refractivity (Wildman–Crippen MR) is 129 cm³/mol. The van der Waals surface area contributed by atoms with Gasteiger partial charge in [-0.05, 0) is 6.07 Å². The molecule has 0 aromatic heterocycles. The SMILES string of the molecule is O=C(O)c1c(C(=O)O)c(C(=O)O)c(C(=O)O)c(C(=O)O)c1C(=O)O.O=C(O)c1cc(C(=O)O)c(C(=O)O)c(C(=O)O)c1C(=O)O. The van der Waals surface area contributed by atoms with E-state index in [4.69, 9.17) is 56.2 Å². The van der Waals surface area contributed by atoms with Crippen molar-refractivity contribution < 1.29 is 109 Å². The van der Waals surface area contributed by atoms with E-state index < -0.39 is 127 Å². The standard InChI is InChI=1S/C12H6O12.C11H6O10/c13-7(14)1-2(8(15)16)4(10(19)20)6(12(23)24)5(11(21)22)3(1)9(17)18;12-7(13)2-1-3(8(14)15)5(10(18)19)6(11(20)21)4(2)9(16)17/h(H,13,14)(H,15,16)(H,17,18)(H,19,20)(H,21,22)(H,23,24);1H,(H,12,13)(H,14,15)(H,16,17)(H,18,19)(H,20,21). The zero-order chi connectivity index (χ0) is 35.4. The summed E-state index contributed by atoms with van der Waals surface area (Å²) in [6.45, 7) is 0. The largest absolute Gasteiger partial charge is 0.478 e. The van der Waals surface area contributed by atoms with Crippen LogP contribution in [-0.2, 0) is 0 Å². The molecule has 0 aliphatic heterocycles. The molecule has 45 heavy (non-hydrogen) atoms. The molecule has 0 unspecified atom stereocenters. The van der Waals surface area contributed by atoms with Crippen molar-refractivity contribution in [3.8, 4) is 0 Å². The fourth-order valence-corrected chi connectivity index (χ4v) is 3.71. The molecule has 0 radical (unpaired) electrons. The van der Waals surface area contributed by atoms with E-state index in [1.807, 2.05) is 0 Å². The Morgan fingerprint density at radius 2 is 0.378 bits per heavy atom. The summed E-state index contributed by atoms with van der Waals surface area (Å²) in [4.78, 5) is 122. The van der Waals surface area contributed by atoms with Crippen molar-refractivity contribution >= 4 is 65.7 Å². The molecule has 22 heteroatoms. The average Bonchev–Trinajstić information content (AvgIpc) is 2.89. The first-order valence-electron chi connectivity index (χ1n) is 10.5. The van der Waals surface area contributed by atoms with Crippen LogP contribution in [0.25, 0.3) is 0 Å². The number of carbonyl (C=O) groups is 11. The summed E-state index contributed by atoms with van der Waals surface area (Å²) in [5, 5.41) is 98.6. The minimum atomic E-state index is -2.26. The Morgan fingerprint density at radius 1 is 0.244 bits per heavy atom. The maximum Gasteiger partial charge on any atom is 0.337 e. The highest BCUT2D eigenvalue weighted by atomic mass is 16.4. The van der Waals surface area contributed by atoms with Crippen LogP contribution in [0.15, 0.2) is 6.07 Å². The van der Waals surface area contributed by atoms with Crippen molar-refractivity contribution in [2.45, 2.75) is 0 Å². The monoisotopic (exact) mass is 640 g/mol. The van der Waals surface area contributed by atoms with E-state index in [-0.39, 0.29) is 0 Å². The van der Waals surface area contributed by atoms with E-state index in [1.54, 1.807) is 0 Å². The molecule has 0 aliphatic rings. The number of aromatic carboxylic acids is 11. The zero-order valence-corrected chi connectivity index (χ0v) is 21.0. The van der Waals surface area contributed by atoms with E-state index in [1.165, 1.54) is 0 Å². The number of carboxylic acid groups (broad SMARTS) is 11. The molecule has 2 aromatic carbocycles. The number of benzene rings is 2. The van der Waals surface area contributed by atoms with Crippen molar-refractivity contribution in [2.75, 3.05) is 0 Å². The third-order valence-corrected chi connectivity index (χ3v) is 5.21. The number of hydrogen-bond donors (Lipinski definition) is 11. The molecule has 0 spiro atoms. The molecule has 236 valence electrons. The molecule has 2 aromatic rings. The minimum absolute atomic E-state index is 0.296. The Hall–Kier alpha value is -7.39. The van der Waals surface area contributed by atoms with Gasteiger partial charge in [0.1, 0.15) is 0 Å². The highest BCUT2D eigenvalue weighted by molar-refractivity contribution is 6.23. The lowest BCUT2D eigenvalue weighted by Gasteiger charge is -2.15. The van der Waals surface area contributed by atoms with E-state index >= 15 is 0 Å². The highest BCUT2D eigenvalue weighted by Crippen LogP contribution is 2.30. The first kappa shape index (κ1) is 35.6. The van der Waals surface area contributed by atoms with E-state index in [9.17, 15) is 52.7 Å². The fourth-order valence-electron chi connectivity index (χ4n) is 3.71. The molecule has 2 rings (SSSR count). The number of carboxylic acids is 11. The van der Waals surface area contributed by atoms with Gasteiger partial charge in [-0.1, -0.05) is 0 Å². The van der Waals surface area contributed by atoms with Gasteiger partial charge in [-0.25, -0.2) is 52.7 Å². The molecular formula is C23H12O22. The van der Waals surface area contributed by atoms with Crippen LogP contribution in [-0.4, -0.2) is 122 Å². The lowest BCUT2D eigenvalue weighted by molar-refractivity contribution is 0.0592. The van der Waals surface area contributed by atoms with Gasteiger partial charge in [0.2, 0.25) is 0 Å². The fraction of sp³-hybridized carbons (Fsp3) is 0. The van der Waals surface area contributed by atoms with Gasteiger partial charge >= 0.3 is 65.7 Å².